The molecule has 0 atom stereocenters. The van der Waals surface area contributed by atoms with E-state index >= 15 is 0 Å². The summed E-state index contributed by atoms with van der Waals surface area (Å²) >= 11 is 11.2. The van der Waals surface area contributed by atoms with Crippen molar-refractivity contribution in [3.8, 4) is 34.5 Å². The van der Waals surface area contributed by atoms with E-state index in [9.17, 15) is 0 Å². The standard InChI is InChI=1S/C21H24ClN3O5S/c1-24(9-10-29-16-7-5-15(22)6-8-16)13-25-21(31)30-20(23-25)14-11-17(26-2)19(28-4)18(12-14)27-3/h5-8,11-12H,9-10,13H2,1-4H3. The Kier molecular flexibility index (Phi) is 7.78. The highest BCUT2D eigenvalue weighted by Crippen LogP contribution is 2.40. The molecule has 2 aromatic carbocycles. The van der Waals surface area contributed by atoms with Crippen LogP contribution >= 0.6 is 23.8 Å². The van der Waals surface area contributed by atoms with Gasteiger partial charge in [-0.1, -0.05) is 11.6 Å². The van der Waals surface area contributed by atoms with E-state index in [4.69, 9.17) is 47.2 Å². The van der Waals surface area contributed by atoms with Crippen LogP contribution < -0.4 is 18.9 Å². The van der Waals surface area contributed by atoms with Crippen LogP contribution in [-0.2, 0) is 6.67 Å². The molecule has 31 heavy (non-hydrogen) atoms. The molecule has 0 bridgehead atoms. The number of methoxy groups -OCH3 is 3. The third-order valence-electron chi connectivity index (χ3n) is 4.45. The Morgan fingerprint density at radius 3 is 2.29 bits per heavy atom. The van der Waals surface area contributed by atoms with Gasteiger partial charge < -0.3 is 23.4 Å². The van der Waals surface area contributed by atoms with E-state index in [2.05, 4.69) is 5.10 Å². The number of hydrogen-bond donors (Lipinski definition) is 0. The maximum Gasteiger partial charge on any atom is 0.288 e. The van der Waals surface area contributed by atoms with Crippen molar-refractivity contribution in [3.05, 3.63) is 46.3 Å². The summed E-state index contributed by atoms with van der Waals surface area (Å²) in [6, 6.07) is 10.8. The first kappa shape index (κ1) is 22.9. The van der Waals surface area contributed by atoms with Gasteiger partial charge in [-0.2, -0.15) is 0 Å². The number of hydrogen-bond acceptors (Lipinski definition) is 8. The molecule has 3 aromatic rings. The van der Waals surface area contributed by atoms with Crippen molar-refractivity contribution in [2.75, 3.05) is 41.5 Å². The van der Waals surface area contributed by atoms with Crippen molar-refractivity contribution in [1.82, 2.24) is 14.7 Å². The topological polar surface area (TPSA) is 71.1 Å². The van der Waals surface area contributed by atoms with Crippen LogP contribution in [0.4, 0.5) is 0 Å². The predicted molar refractivity (Wildman–Crippen MR) is 120 cm³/mol. The summed E-state index contributed by atoms with van der Waals surface area (Å²) in [5, 5.41) is 5.17. The lowest BCUT2D eigenvalue weighted by molar-refractivity contribution is 0.196. The molecule has 1 aromatic heterocycles. The smallest absolute Gasteiger partial charge is 0.288 e. The maximum atomic E-state index is 5.88. The largest absolute Gasteiger partial charge is 0.493 e. The Morgan fingerprint density at radius 1 is 1.06 bits per heavy atom. The highest BCUT2D eigenvalue weighted by Gasteiger charge is 2.18. The Bertz CT molecular complexity index is 1040. The average Bonchev–Trinajstić information content (AvgIpc) is 3.14. The summed E-state index contributed by atoms with van der Waals surface area (Å²) in [7, 11) is 6.60. The van der Waals surface area contributed by atoms with Crippen LogP contribution in [0.15, 0.2) is 40.8 Å². The summed E-state index contributed by atoms with van der Waals surface area (Å²) < 4.78 is 29.2. The first-order valence-electron chi connectivity index (χ1n) is 9.40. The molecule has 0 aliphatic carbocycles. The molecular formula is C21H24ClN3O5S. The number of likely N-dealkylation sites (N-methyl/N-ethyl adjacent to an activating group) is 1. The Morgan fingerprint density at radius 2 is 1.71 bits per heavy atom. The molecule has 1 heterocycles. The van der Waals surface area contributed by atoms with Gasteiger partial charge in [0.1, 0.15) is 12.4 Å². The molecule has 0 fully saturated rings. The summed E-state index contributed by atoms with van der Waals surface area (Å²) in [5.74, 6) is 2.62. The first-order chi connectivity index (χ1) is 14.9. The predicted octanol–water partition coefficient (Wildman–Crippen LogP) is 4.52. The zero-order valence-corrected chi connectivity index (χ0v) is 19.3. The quantitative estimate of drug-likeness (QED) is 0.405. The van der Waals surface area contributed by atoms with Crippen LogP contribution in [0, 0.1) is 4.84 Å². The third-order valence-corrected chi connectivity index (χ3v) is 4.99. The molecule has 10 heteroatoms. The fourth-order valence-electron chi connectivity index (χ4n) is 2.87. The van der Waals surface area contributed by atoms with Crippen molar-refractivity contribution in [3.63, 3.8) is 0 Å². The molecule has 0 aliphatic heterocycles. The molecule has 0 saturated carbocycles. The number of aromatic nitrogens is 2. The van der Waals surface area contributed by atoms with Gasteiger partial charge in [0.05, 0.1) is 28.0 Å². The van der Waals surface area contributed by atoms with E-state index in [0.717, 1.165) is 5.75 Å². The number of nitrogens with zero attached hydrogens (tertiary/aromatic N) is 3. The van der Waals surface area contributed by atoms with Gasteiger partial charge in [-0.25, -0.2) is 4.68 Å². The lowest BCUT2D eigenvalue weighted by Gasteiger charge is -2.16. The van der Waals surface area contributed by atoms with Gasteiger partial charge in [-0.05, 0) is 55.7 Å². The molecule has 3 rings (SSSR count). The van der Waals surface area contributed by atoms with Gasteiger partial charge in [0.25, 0.3) is 4.84 Å². The number of rotatable bonds is 10. The average molecular weight is 466 g/mol. The van der Waals surface area contributed by atoms with E-state index in [1.165, 1.54) is 0 Å². The van der Waals surface area contributed by atoms with Gasteiger partial charge in [0.2, 0.25) is 11.6 Å². The molecule has 0 radical (unpaired) electrons. The summed E-state index contributed by atoms with van der Waals surface area (Å²) in [4.78, 5) is 2.28. The minimum atomic E-state index is 0.259. The zero-order valence-electron chi connectivity index (χ0n) is 17.8. The van der Waals surface area contributed by atoms with Gasteiger partial charge in [0, 0.05) is 17.1 Å². The monoisotopic (exact) mass is 465 g/mol. The molecule has 0 saturated heterocycles. The summed E-state index contributed by atoms with van der Waals surface area (Å²) in [5.41, 5.74) is 0.660. The lowest BCUT2D eigenvalue weighted by Crippen LogP contribution is -2.27. The van der Waals surface area contributed by atoms with Crippen LogP contribution in [0.25, 0.3) is 11.5 Å². The molecule has 8 nitrogen and oxygen atoms in total. The second kappa shape index (κ2) is 10.5. The van der Waals surface area contributed by atoms with Crippen LogP contribution in [0.3, 0.4) is 0 Å². The fourth-order valence-corrected chi connectivity index (χ4v) is 3.17. The molecule has 0 amide bonds. The summed E-state index contributed by atoms with van der Waals surface area (Å²) in [6.45, 7) is 1.61. The second-order valence-corrected chi connectivity index (χ2v) is 7.40. The minimum absolute atomic E-state index is 0.259. The second-order valence-electron chi connectivity index (χ2n) is 6.61. The normalized spacial score (nSPS) is 10.9. The third kappa shape index (κ3) is 5.69. The van der Waals surface area contributed by atoms with Gasteiger partial charge in [-0.15, -0.1) is 5.10 Å². The number of halogens is 1. The highest BCUT2D eigenvalue weighted by molar-refractivity contribution is 7.71. The van der Waals surface area contributed by atoms with Crippen molar-refractivity contribution in [1.29, 1.82) is 0 Å². The molecule has 0 unspecified atom stereocenters. The Balaban J connectivity index is 1.68. The van der Waals surface area contributed by atoms with Crippen LogP contribution in [0.1, 0.15) is 0 Å². The SMILES string of the molecule is COc1cc(-c2nn(CN(C)CCOc3ccc(Cl)cc3)c(=S)o2)cc(OC)c1OC. The molecule has 0 spiro atoms. The van der Waals surface area contributed by atoms with Crippen molar-refractivity contribution < 1.29 is 23.4 Å². The highest BCUT2D eigenvalue weighted by atomic mass is 35.5. The van der Waals surface area contributed by atoms with Gasteiger partial charge >= 0.3 is 0 Å². The van der Waals surface area contributed by atoms with E-state index < -0.39 is 0 Å². The van der Waals surface area contributed by atoms with Crippen molar-refractivity contribution in [2.45, 2.75) is 6.67 Å². The van der Waals surface area contributed by atoms with E-state index in [0.29, 0.717) is 53.5 Å². The summed E-state index contributed by atoms with van der Waals surface area (Å²) in [6.07, 6.45) is 0. The molecule has 0 N–H and O–H groups in total. The molecular weight excluding hydrogens is 442 g/mol. The maximum absolute atomic E-state index is 5.88. The minimum Gasteiger partial charge on any atom is -0.493 e. The van der Waals surface area contributed by atoms with Crippen LogP contribution in [-0.4, -0.2) is 56.2 Å². The first-order valence-corrected chi connectivity index (χ1v) is 10.2. The molecule has 0 aliphatic rings. The van der Waals surface area contributed by atoms with E-state index in [1.54, 1.807) is 50.3 Å². The van der Waals surface area contributed by atoms with Gasteiger partial charge in [0.15, 0.2) is 11.5 Å². The van der Waals surface area contributed by atoms with Crippen LogP contribution in [0.2, 0.25) is 5.02 Å². The lowest BCUT2D eigenvalue weighted by atomic mass is 10.2. The number of benzene rings is 2. The Hall–Kier alpha value is -2.75. The van der Waals surface area contributed by atoms with Crippen LogP contribution in [0.5, 0.6) is 23.0 Å². The van der Waals surface area contributed by atoms with E-state index in [-0.39, 0.29) is 4.84 Å². The van der Waals surface area contributed by atoms with Crippen molar-refractivity contribution >= 4 is 23.8 Å². The van der Waals surface area contributed by atoms with Crippen molar-refractivity contribution in [2.24, 2.45) is 0 Å². The number of ether oxygens (including phenoxy) is 4. The fraction of sp³-hybridized carbons (Fsp3) is 0.333. The zero-order chi connectivity index (χ0) is 22.4. The molecule has 166 valence electrons. The van der Waals surface area contributed by atoms with Gasteiger partial charge in [-0.3, -0.25) is 4.90 Å². The Labute approximate surface area is 190 Å². The van der Waals surface area contributed by atoms with E-state index in [1.807, 2.05) is 24.1 Å².